The van der Waals surface area contributed by atoms with Gasteiger partial charge in [-0.3, -0.25) is 0 Å². The molecule has 2 aromatic carbocycles. The van der Waals surface area contributed by atoms with Crippen LogP contribution in [0.2, 0.25) is 0 Å². The third kappa shape index (κ3) is 6.45. The van der Waals surface area contributed by atoms with Gasteiger partial charge in [0.05, 0.1) is 12.4 Å². The van der Waals surface area contributed by atoms with Crippen molar-refractivity contribution in [3.8, 4) is 23.1 Å². The van der Waals surface area contributed by atoms with Crippen LogP contribution in [0.1, 0.15) is 101 Å². The molecule has 4 rings (SSSR count). The molecule has 0 N–H and O–H groups in total. The third-order valence-electron chi connectivity index (χ3n) is 7.23. The summed E-state index contributed by atoms with van der Waals surface area (Å²) in [5.74, 6) is 1.41. The standard InChI is InChI=1S/C33H41N4O3S.ClH/c1-10-41(38,39)32-34-19-25(20-35-32)40-33-36(30-26(21(2)3)13-11-14-27(30)22(4)5)17-18-37(33)31-28(23(6)7)15-12-16-29(31)24(8)9;/h10-24H,1H2,2-9H3;1H/q+1;/p-1. The van der Waals surface area contributed by atoms with Gasteiger partial charge in [-0.2, -0.15) is 9.13 Å². The highest BCUT2D eigenvalue weighted by molar-refractivity contribution is 7.94. The Kier molecular flexibility index (Phi) is 10.4. The zero-order chi connectivity index (χ0) is 30.1. The largest absolute Gasteiger partial charge is 1.00 e. The van der Waals surface area contributed by atoms with Crippen LogP contribution in [-0.2, 0) is 9.84 Å². The highest BCUT2D eigenvalue weighted by Gasteiger charge is 2.32. The van der Waals surface area contributed by atoms with Crippen LogP contribution in [0.3, 0.4) is 0 Å². The molecule has 0 aliphatic heterocycles. The average Bonchev–Trinajstić information content (AvgIpc) is 3.34. The molecule has 0 saturated carbocycles. The lowest BCUT2D eigenvalue weighted by molar-refractivity contribution is -0.602. The van der Waals surface area contributed by atoms with Crippen LogP contribution in [0.5, 0.6) is 11.8 Å². The normalized spacial score (nSPS) is 11.8. The molecule has 0 saturated heterocycles. The van der Waals surface area contributed by atoms with E-state index < -0.39 is 9.84 Å². The van der Waals surface area contributed by atoms with Crippen molar-refractivity contribution in [2.24, 2.45) is 0 Å². The van der Waals surface area contributed by atoms with Crippen LogP contribution in [0, 0.1) is 0 Å². The minimum atomic E-state index is -3.76. The second-order valence-electron chi connectivity index (χ2n) is 11.5. The summed E-state index contributed by atoms with van der Waals surface area (Å²) in [5.41, 5.74) is 6.96. The lowest BCUT2D eigenvalue weighted by Gasteiger charge is -2.19. The Morgan fingerprint density at radius 3 is 1.69 bits per heavy atom. The molecule has 42 heavy (non-hydrogen) atoms. The molecule has 0 fully saturated rings. The molecule has 0 unspecified atom stereocenters. The van der Waals surface area contributed by atoms with Crippen LogP contribution in [0.4, 0.5) is 0 Å². The Hall–Kier alpha value is -3.49. The van der Waals surface area contributed by atoms with Gasteiger partial charge in [-0.05, 0) is 23.7 Å². The van der Waals surface area contributed by atoms with Crippen LogP contribution in [-0.4, -0.2) is 23.0 Å². The van der Waals surface area contributed by atoms with Crippen molar-refractivity contribution < 1.29 is 30.1 Å². The van der Waals surface area contributed by atoms with E-state index >= 15 is 0 Å². The number of imidazole rings is 1. The van der Waals surface area contributed by atoms with Crippen molar-refractivity contribution >= 4 is 9.84 Å². The van der Waals surface area contributed by atoms with E-state index in [1.807, 2.05) is 12.4 Å². The van der Waals surface area contributed by atoms with E-state index in [1.54, 1.807) is 0 Å². The van der Waals surface area contributed by atoms with Crippen molar-refractivity contribution in [1.82, 2.24) is 14.5 Å². The number of nitrogens with zero attached hydrogens (tertiary/aromatic N) is 4. The molecule has 224 valence electrons. The summed E-state index contributed by atoms with van der Waals surface area (Å²) < 4.78 is 35.2. The number of rotatable bonds is 10. The van der Waals surface area contributed by atoms with Crippen molar-refractivity contribution in [1.29, 1.82) is 0 Å². The first-order valence-corrected chi connectivity index (χ1v) is 15.7. The van der Waals surface area contributed by atoms with Crippen LogP contribution >= 0.6 is 0 Å². The SMILES string of the molecule is C=CS(=O)(=O)c1ncc(Oc2n(-c3c(C(C)C)cccc3C(C)C)cc[n+]2-c2c(C(C)C)cccc2C(C)C)cn1.[Cl-]. The van der Waals surface area contributed by atoms with Gasteiger partial charge >= 0.3 is 6.01 Å². The average molecular weight is 609 g/mol. The molecule has 7 nitrogen and oxygen atoms in total. The van der Waals surface area contributed by atoms with E-state index in [-0.39, 0.29) is 41.2 Å². The fourth-order valence-electron chi connectivity index (χ4n) is 5.08. The van der Waals surface area contributed by atoms with E-state index in [4.69, 9.17) is 4.74 Å². The van der Waals surface area contributed by atoms with Crippen LogP contribution in [0.25, 0.3) is 11.4 Å². The number of benzene rings is 2. The van der Waals surface area contributed by atoms with Gasteiger partial charge in [0.1, 0.15) is 23.8 Å². The molecule has 0 aliphatic carbocycles. The summed E-state index contributed by atoms with van der Waals surface area (Å²) in [5, 5.41) is 0.525. The maximum Gasteiger partial charge on any atom is 0.472 e. The fourth-order valence-corrected chi connectivity index (χ4v) is 5.63. The first-order chi connectivity index (χ1) is 19.4. The maximum absolute atomic E-state index is 12.2. The van der Waals surface area contributed by atoms with E-state index in [0.29, 0.717) is 11.8 Å². The van der Waals surface area contributed by atoms with Gasteiger partial charge in [-0.15, -0.1) is 0 Å². The lowest BCUT2D eigenvalue weighted by atomic mass is 9.92. The van der Waals surface area contributed by atoms with Crippen molar-refractivity contribution in [3.05, 3.63) is 95.4 Å². The second-order valence-corrected chi connectivity index (χ2v) is 13.3. The van der Waals surface area contributed by atoms with Gasteiger partial charge in [-0.25, -0.2) is 18.4 Å². The summed E-state index contributed by atoms with van der Waals surface area (Å²) >= 11 is 0. The molecule has 9 heteroatoms. The zero-order valence-electron chi connectivity index (χ0n) is 25.7. The van der Waals surface area contributed by atoms with Gasteiger partial charge in [-0.1, -0.05) is 98.4 Å². The predicted octanol–water partition coefficient (Wildman–Crippen LogP) is 4.75. The summed E-state index contributed by atoms with van der Waals surface area (Å²) in [4.78, 5) is 8.15. The highest BCUT2D eigenvalue weighted by atomic mass is 35.5. The summed E-state index contributed by atoms with van der Waals surface area (Å²) in [6.45, 7) is 20.9. The zero-order valence-corrected chi connectivity index (χ0v) is 27.2. The summed E-state index contributed by atoms with van der Waals surface area (Å²) in [6, 6.07) is 13.4. The topological polar surface area (TPSA) is 78.0 Å². The molecule has 2 aromatic heterocycles. The number of para-hydroxylation sites is 2. The number of halogens is 1. The molecular formula is C33H41ClN4O3S. The molecule has 0 radical (unpaired) electrons. The first kappa shape index (κ1) is 33.0. The molecule has 0 aliphatic rings. The molecule has 0 spiro atoms. The molecule has 0 bridgehead atoms. The Morgan fingerprint density at radius 2 is 1.26 bits per heavy atom. The van der Waals surface area contributed by atoms with E-state index in [0.717, 1.165) is 16.8 Å². The van der Waals surface area contributed by atoms with Gasteiger partial charge < -0.3 is 17.1 Å². The number of hydrogen-bond acceptors (Lipinski definition) is 5. The van der Waals surface area contributed by atoms with Crippen LogP contribution < -0.4 is 21.7 Å². The van der Waals surface area contributed by atoms with Crippen LogP contribution in [0.15, 0.2) is 78.3 Å². The Balaban J connectivity index is 0.00000484. The molecule has 0 atom stereocenters. The fraction of sp³-hybridized carbons (Fsp3) is 0.364. The Morgan fingerprint density at radius 1 is 0.810 bits per heavy atom. The summed E-state index contributed by atoms with van der Waals surface area (Å²) in [6.07, 6.45) is 6.86. The van der Waals surface area contributed by atoms with E-state index in [1.165, 1.54) is 34.6 Å². The second kappa shape index (κ2) is 13.2. The minimum absolute atomic E-state index is 0. The maximum atomic E-state index is 12.2. The highest BCUT2D eigenvalue weighted by Crippen LogP contribution is 2.36. The van der Waals surface area contributed by atoms with Crippen molar-refractivity contribution in [2.75, 3.05) is 0 Å². The smallest absolute Gasteiger partial charge is 0.472 e. The van der Waals surface area contributed by atoms with Gasteiger partial charge in [0.15, 0.2) is 5.75 Å². The number of sulfone groups is 1. The monoisotopic (exact) mass is 608 g/mol. The van der Waals surface area contributed by atoms with Crippen molar-refractivity contribution in [3.63, 3.8) is 0 Å². The predicted molar refractivity (Wildman–Crippen MR) is 163 cm³/mol. The molecule has 4 aromatic rings. The van der Waals surface area contributed by atoms with Gasteiger partial charge in [0.25, 0.3) is 5.16 Å². The van der Waals surface area contributed by atoms with Gasteiger partial charge in [0.2, 0.25) is 9.84 Å². The Labute approximate surface area is 256 Å². The molecular weight excluding hydrogens is 568 g/mol. The quantitative estimate of drug-likeness (QED) is 0.192. The minimum Gasteiger partial charge on any atom is -1.00 e. The first-order valence-electron chi connectivity index (χ1n) is 14.1. The van der Waals surface area contributed by atoms with Crippen molar-refractivity contribution in [2.45, 2.75) is 84.2 Å². The number of hydrogen-bond donors (Lipinski definition) is 0. The lowest BCUT2D eigenvalue weighted by Crippen LogP contribution is -3.00. The summed E-state index contributed by atoms with van der Waals surface area (Å²) in [7, 11) is -3.76. The third-order valence-corrected chi connectivity index (χ3v) is 8.39. The van der Waals surface area contributed by atoms with E-state index in [9.17, 15) is 8.42 Å². The van der Waals surface area contributed by atoms with E-state index in [2.05, 4.69) is 117 Å². The number of aromatic nitrogens is 4. The number of ether oxygens (including phenoxy) is 1. The molecule has 0 amide bonds. The Bertz CT molecular complexity index is 1520. The van der Waals surface area contributed by atoms with Gasteiger partial charge in [0, 0.05) is 27.7 Å². The molecule has 2 heterocycles.